The Morgan fingerprint density at radius 3 is 2.14 bits per heavy atom. The minimum absolute atomic E-state index is 0.120. The van der Waals surface area contributed by atoms with E-state index in [9.17, 15) is 14.4 Å². The van der Waals surface area contributed by atoms with E-state index in [0.29, 0.717) is 31.4 Å². The fourth-order valence-corrected chi connectivity index (χ4v) is 1.68. The molecule has 0 bridgehead atoms. The maximum absolute atomic E-state index is 11.8. The highest BCUT2D eigenvalue weighted by Gasteiger charge is 2.10. The van der Waals surface area contributed by atoms with Crippen molar-refractivity contribution in [1.29, 1.82) is 0 Å². The zero-order valence-electron chi connectivity index (χ0n) is 11.4. The number of carboxylic acids is 2. The molecular weight excluding hydrogens is 276 g/mol. The lowest BCUT2D eigenvalue weighted by atomic mass is 10.1. The maximum Gasteiger partial charge on any atom is 0.335 e. The first kappa shape index (κ1) is 16.6. The Labute approximate surface area is 121 Å². The van der Waals surface area contributed by atoms with Gasteiger partial charge in [-0.3, -0.25) is 9.59 Å². The van der Waals surface area contributed by atoms with Gasteiger partial charge in [-0.2, -0.15) is 0 Å². The third-order valence-corrected chi connectivity index (χ3v) is 2.94. The van der Waals surface area contributed by atoms with Crippen molar-refractivity contribution in [3.05, 3.63) is 35.4 Å². The molecule has 0 aliphatic rings. The molecule has 0 aliphatic carbocycles. The van der Waals surface area contributed by atoms with Gasteiger partial charge in [0, 0.05) is 12.1 Å². The maximum atomic E-state index is 11.8. The topological polar surface area (TPSA) is 130 Å². The number of amides is 1. The van der Waals surface area contributed by atoms with Gasteiger partial charge in [0.1, 0.15) is 6.04 Å². The molecule has 0 radical (unpaired) electrons. The number of nitrogens with two attached hydrogens (primary N) is 1. The molecule has 0 spiro atoms. The van der Waals surface area contributed by atoms with Crippen LogP contribution >= 0.6 is 0 Å². The molecule has 5 N–H and O–H groups in total. The Kier molecular flexibility index (Phi) is 6.35. The first-order valence-corrected chi connectivity index (χ1v) is 6.51. The van der Waals surface area contributed by atoms with E-state index in [1.54, 1.807) is 0 Å². The van der Waals surface area contributed by atoms with E-state index in [0.717, 1.165) is 0 Å². The van der Waals surface area contributed by atoms with E-state index in [-0.39, 0.29) is 11.5 Å². The van der Waals surface area contributed by atoms with Gasteiger partial charge in [0.15, 0.2) is 0 Å². The van der Waals surface area contributed by atoms with Crippen molar-refractivity contribution < 1.29 is 24.6 Å². The number of unbranched alkanes of at least 4 members (excludes halogenated alkanes) is 1. The molecule has 0 aliphatic heterocycles. The Morgan fingerprint density at radius 2 is 1.62 bits per heavy atom. The number of benzene rings is 1. The molecule has 1 rings (SSSR count). The number of carbonyl (C=O) groups is 3. The van der Waals surface area contributed by atoms with Crippen LogP contribution in [-0.4, -0.2) is 40.6 Å². The molecule has 7 nitrogen and oxygen atoms in total. The van der Waals surface area contributed by atoms with Gasteiger partial charge in [-0.05, 0) is 43.5 Å². The van der Waals surface area contributed by atoms with Crippen LogP contribution in [-0.2, 0) is 4.79 Å². The molecule has 1 atom stereocenters. The van der Waals surface area contributed by atoms with E-state index < -0.39 is 18.0 Å². The number of carbonyl (C=O) groups excluding carboxylic acids is 1. The van der Waals surface area contributed by atoms with Crippen LogP contribution in [0.4, 0.5) is 0 Å². The summed E-state index contributed by atoms with van der Waals surface area (Å²) in [6.07, 6.45) is 1.59. The summed E-state index contributed by atoms with van der Waals surface area (Å²) in [5.74, 6) is -2.37. The van der Waals surface area contributed by atoms with Crippen molar-refractivity contribution in [2.75, 3.05) is 6.54 Å². The standard InChI is InChI=1S/C14H18N2O5/c15-11(14(20)21)3-1-2-8-16-12(17)9-4-6-10(7-5-9)13(18)19/h4-7,11H,1-3,8,15H2,(H,16,17)(H,18,19)(H,20,21)/t11-/m0/s1. The Hall–Kier alpha value is -2.41. The van der Waals surface area contributed by atoms with Gasteiger partial charge >= 0.3 is 11.9 Å². The van der Waals surface area contributed by atoms with Gasteiger partial charge < -0.3 is 21.3 Å². The Balaban J connectivity index is 2.31. The fraction of sp³-hybridized carbons (Fsp3) is 0.357. The lowest BCUT2D eigenvalue weighted by Crippen LogP contribution is -2.30. The minimum Gasteiger partial charge on any atom is -0.480 e. The van der Waals surface area contributed by atoms with Crippen molar-refractivity contribution in [1.82, 2.24) is 5.32 Å². The number of hydrogen-bond acceptors (Lipinski definition) is 4. The lowest BCUT2D eigenvalue weighted by molar-refractivity contribution is -0.138. The van der Waals surface area contributed by atoms with Crippen LogP contribution in [0.15, 0.2) is 24.3 Å². The molecule has 21 heavy (non-hydrogen) atoms. The molecule has 114 valence electrons. The molecule has 0 saturated carbocycles. The van der Waals surface area contributed by atoms with Crippen LogP contribution in [0.5, 0.6) is 0 Å². The van der Waals surface area contributed by atoms with Crippen LogP contribution in [0.1, 0.15) is 40.0 Å². The summed E-state index contributed by atoms with van der Waals surface area (Å²) in [4.78, 5) is 32.9. The van der Waals surface area contributed by atoms with Gasteiger partial charge in [0.25, 0.3) is 5.91 Å². The van der Waals surface area contributed by atoms with Crippen molar-refractivity contribution in [2.45, 2.75) is 25.3 Å². The molecule has 0 saturated heterocycles. The Morgan fingerprint density at radius 1 is 1.05 bits per heavy atom. The first-order valence-electron chi connectivity index (χ1n) is 6.51. The van der Waals surface area contributed by atoms with Gasteiger partial charge in [0.05, 0.1) is 5.56 Å². The smallest absolute Gasteiger partial charge is 0.335 e. The second-order valence-electron chi connectivity index (χ2n) is 4.58. The van der Waals surface area contributed by atoms with E-state index in [2.05, 4.69) is 5.32 Å². The highest BCUT2D eigenvalue weighted by atomic mass is 16.4. The van der Waals surface area contributed by atoms with Gasteiger partial charge in [-0.25, -0.2) is 4.79 Å². The predicted octanol–water partition coefficient (Wildman–Crippen LogP) is 0.697. The first-order chi connectivity index (χ1) is 9.91. The van der Waals surface area contributed by atoms with Crippen molar-refractivity contribution in [3.8, 4) is 0 Å². The second-order valence-corrected chi connectivity index (χ2v) is 4.58. The third kappa shape index (κ3) is 5.62. The minimum atomic E-state index is -1.04. The molecule has 0 fully saturated rings. The van der Waals surface area contributed by atoms with Crippen LogP contribution in [0.25, 0.3) is 0 Å². The molecule has 1 aromatic carbocycles. The van der Waals surface area contributed by atoms with Crippen LogP contribution in [0.2, 0.25) is 0 Å². The van der Waals surface area contributed by atoms with E-state index in [1.165, 1.54) is 24.3 Å². The number of hydrogen-bond donors (Lipinski definition) is 4. The normalized spacial score (nSPS) is 11.7. The lowest BCUT2D eigenvalue weighted by Gasteiger charge is -2.07. The summed E-state index contributed by atoms with van der Waals surface area (Å²) in [6.45, 7) is 0.409. The van der Waals surface area contributed by atoms with Crippen molar-refractivity contribution in [2.24, 2.45) is 5.73 Å². The summed E-state index contributed by atoms with van der Waals surface area (Å²) in [6, 6.07) is 4.74. The van der Waals surface area contributed by atoms with Crippen molar-refractivity contribution >= 4 is 17.8 Å². The quantitative estimate of drug-likeness (QED) is 0.522. The molecule has 0 unspecified atom stereocenters. The Bertz CT molecular complexity index is 513. The van der Waals surface area contributed by atoms with E-state index in [4.69, 9.17) is 15.9 Å². The van der Waals surface area contributed by atoms with E-state index in [1.807, 2.05) is 0 Å². The van der Waals surface area contributed by atoms with E-state index >= 15 is 0 Å². The van der Waals surface area contributed by atoms with Crippen LogP contribution < -0.4 is 11.1 Å². The molecule has 0 aromatic heterocycles. The SMILES string of the molecule is N[C@@H](CCCCNC(=O)c1ccc(C(=O)O)cc1)C(=O)O. The number of aliphatic carboxylic acids is 1. The largest absolute Gasteiger partial charge is 0.480 e. The summed E-state index contributed by atoms with van der Waals surface area (Å²) < 4.78 is 0. The monoisotopic (exact) mass is 294 g/mol. The van der Waals surface area contributed by atoms with Gasteiger partial charge in [-0.15, -0.1) is 0 Å². The predicted molar refractivity (Wildman–Crippen MR) is 75.2 cm³/mol. The average Bonchev–Trinajstić information content (AvgIpc) is 2.46. The summed E-state index contributed by atoms with van der Waals surface area (Å²) in [7, 11) is 0. The van der Waals surface area contributed by atoms with Gasteiger partial charge in [-0.1, -0.05) is 0 Å². The zero-order valence-corrected chi connectivity index (χ0v) is 11.4. The second kappa shape index (κ2) is 8.01. The van der Waals surface area contributed by atoms with Crippen LogP contribution in [0, 0.1) is 0 Å². The molecule has 0 heterocycles. The number of nitrogens with one attached hydrogen (secondary N) is 1. The molecule has 7 heteroatoms. The van der Waals surface area contributed by atoms with Crippen LogP contribution in [0.3, 0.4) is 0 Å². The molecular formula is C14H18N2O5. The van der Waals surface area contributed by atoms with Gasteiger partial charge in [0.2, 0.25) is 0 Å². The van der Waals surface area contributed by atoms with Crippen molar-refractivity contribution in [3.63, 3.8) is 0 Å². The fourth-order valence-electron chi connectivity index (χ4n) is 1.68. The molecule has 1 aromatic rings. The zero-order chi connectivity index (χ0) is 15.8. The number of aromatic carboxylic acids is 1. The average molecular weight is 294 g/mol. The molecule has 1 amide bonds. The third-order valence-electron chi connectivity index (χ3n) is 2.94. The summed E-state index contributed by atoms with van der Waals surface area (Å²) >= 11 is 0. The summed E-state index contributed by atoms with van der Waals surface area (Å²) in [5, 5.41) is 20.0. The highest BCUT2D eigenvalue weighted by molar-refractivity contribution is 5.95. The number of carboxylic acid groups (broad SMARTS) is 2. The number of rotatable bonds is 8. The summed E-state index contributed by atoms with van der Waals surface area (Å²) in [5.41, 5.74) is 5.85. The highest BCUT2D eigenvalue weighted by Crippen LogP contribution is 2.05.